The fourth-order valence-electron chi connectivity index (χ4n) is 2.96. The van der Waals surface area contributed by atoms with Gasteiger partial charge in [-0.15, -0.1) is 5.10 Å². The number of fused-ring (bicyclic) bond motifs is 3. The minimum Gasteiger partial charge on any atom is -0.399 e. The molecule has 0 spiro atoms. The number of nitrogen functional groups attached to an aromatic ring is 1. The SMILES string of the molecule is Cc1nc2c3cc(-c4ccc(N)cc4C)c(Cl)cc3[nH]c(=O)n2n1. The first-order chi connectivity index (χ1) is 11.4. The summed E-state index contributed by atoms with van der Waals surface area (Å²) in [7, 11) is 0. The Hall–Kier alpha value is -2.86. The van der Waals surface area contributed by atoms with Crippen LogP contribution in [-0.4, -0.2) is 19.6 Å². The number of aromatic amines is 1. The van der Waals surface area contributed by atoms with Crippen LogP contribution >= 0.6 is 11.6 Å². The van der Waals surface area contributed by atoms with Crippen molar-refractivity contribution in [2.24, 2.45) is 0 Å². The number of nitrogens with one attached hydrogen (secondary N) is 1. The normalized spacial score (nSPS) is 11.5. The number of aromatic nitrogens is 4. The molecule has 0 atom stereocenters. The van der Waals surface area contributed by atoms with E-state index in [2.05, 4.69) is 15.1 Å². The van der Waals surface area contributed by atoms with Crippen molar-refractivity contribution < 1.29 is 0 Å². The molecule has 7 heteroatoms. The average molecular weight is 340 g/mol. The molecule has 2 aromatic carbocycles. The van der Waals surface area contributed by atoms with Gasteiger partial charge >= 0.3 is 5.69 Å². The second kappa shape index (κ2) is 5.07. The molecule has 2 aromatic heterocycles. The Morgan fingerprint density at radius 1 is 1.17 bits per heavy atom. The number of rotatable bonds is 1. The molecule has 3 N–H and O–H groups in total. The number of nitrogens with zero attached hydrogens (tertiary/aromatic N) is 3. The van der Waals surface area contributed by atoms with E-state index in [1.165, 1.54) is 4.52 Å². The fourth-order valence-corrected chi connectivity index (χ4v) is 3.22. The van der Waals surface area contributed by atoms with Crippen molar-refractivity contribution in [3.8, 4) is 11.1 Å². The highest BCUT2D eigenvalue weighted by molar-refractivity contribution is 6.34. The molecule has 0 aliphatic carbocycles. The summed E-state index contributed by atoms with van der Waals surface area (Å²) >= 11 is 6.46. The predicted molar refractivity (Wildman–Crippen MR) is 95.4 cm³/mol. The van der Waals surface area contributed by atoms with E-state index in [0.717, 1.165) is 22.1 Å². The zero-order valence-corrected chi connectivity index (χ0v) is 13.8. The number of hydrogen-bond donors (Lipinski definition) is 2. The van der Waals surface area contributed by atoms with Crippen molar-refractivity contribution in [2.75, 3.05) is 5.73 Å². The predicted octanol–water partition coefficient (Wildman–Crippen LogP) is 3.09. The largest absolute Gasteiger partial charge is 0.399 e. The van der Waals surface area contributed by atoms with E-state index in [9.17, 15) is 4.79 Å². The number of nitrogens with two attached hydrogens (primary N) is 1. The Balaban J connectivity index is 2.11. The summed E-state index contributed by atoms with van der Waals surface area (Å²) < 4.78 is 1.27. The number of halogens is 1. The number of anilines is 1. The van der Waals surface area contributed by atoms with E-state index in [-0.39, 0.29) is 5.69 Å². The molecule has 0 aliphatic rings. The Morgan fingerprint density at radius 2 is 1.96 bits per heavy atom. The number of benzene rings is 2. The molecule has 2 heterocycles. The molecular formula is C17H14ClN5O. The van der Waals surface area contributed by atoms with Crippen LogP contribution in [0.5, 0.6) is 0 Å². The zero-order valence-electron chi connectivity index (χ0n) is 13.1. The van der Waals surface area contributed by atoms with E-state index >= 15 is 0 Å². The lowest BCUT2D eigenvalue weighted by atomic mass is 9.98. The maximum Gasteiger partial charge on any atom is 0.348 e. The van der Waals surface area contributed by atoms with Gasteiger partial charge in [-0.3, -0.25) is 0 Å². The number of aryl methyl sites for hydroxylation is 2. The van der Waals surface area contributed by atoms with Gasteiger partial charge in [0.2, 0.25) is 0 Å². The van der Waals surface area contributed by atoms with Crippen LogP contribution in [0.3, 0.4) is 0 Å². The summed E-state index contributed by atoms with van der Waals surface area (Å²) in [5, 5.41) is 5.46. The number of hydrogen-bond acceptors (Lipinski definition) is 4. The van der Waals surface area contributed by atoms with E-state index < -0.39 is 0 Å². The van der Waals surface area contributed by atoms with Gasteiger partial charge in [-0.1, -0.05) is 17.7 Å². The van der Waals surface area contributed by atoms with E-state index in [1.54, 1.807) is 13.0 Å². The minimum absolute atomic E-state index is 0.342. The van der Waals surface area contributed by atoms with Crippen molar-refractivity contribution in [1.82, 2.24) is 19.6 Å². The molecular weight excluding hydrogens is 326 g/mol. The third kappa shape index (κ3) is 2.15. The lowest BCUT2D eigenvalue weighted by Gasteiger charge is -2.11. The van der Waals surface area contributed by atoms with Crippen molar-refractivity contribution in [2.45, 2.75) is 13.8 Å². The summed E-state index contributed by atoms with van der Waals surface area (Å²) in [6, 6.07) is 9.35. The molecule has 0 radical (unpaired) electrons. The molecule has 0 amide bonds. The molecule has 4 aromatic rings. The molecule has 0 saturated heterocycles. The topological polar surface area (TPSA) is 89.1 Å². The summed E-state index contributed by atoms with van der Waals surface area (Å²) in [6.45, 7) is 3.73. The van der Waals surface area contributed by atoms with Crippen LogP contribution in [-0.2, 0) is 0 Å². The second-order valence-corrected chi connectivity index (χ2v) is 6.18. The third-order valence-corrected chi connectivity index (χ3v) is 4.35. The maximum absolute atomic E-state index is 12.1. The third-order valence-electron chi connectivity index (χ3n) is 4.04. The fraction of sp³-hybridized carbons (Fsp3) is 0.118. The molecule has 0 bridgehead atoms. The lowest BCUT2D eigenvalue weighted by Crippen LogP contribution is -2.17. The Morgan fingerprint density at radius 3 is 2.71 bits per heavy atom. The zero-order chi connectivity index (χ0) is 17.0. The van der Waals surface area contributed by atoms with E-state index in [4.69, 9.17) is 17.3 Å². The molecule has 0 unspecified atom stereocenters. The monoisotopic (exact) mass is 339 g/mol. The van der Waals surface area contributed by atoms with Crippen LogP contribution in [0.4, 0.5) is 5.69 Å². The van der Waals surface area contributed by atoms with Crippen LogP contribution in [0, 0.1) is 13.8 Å². The molecule has 4 rings (SSSR count). The van der Waals surface area contributed by atoms with Crippen molar-refractivity contribution in [3.05, 3.63) is 57.2 Å². The van der Waals surface area contributed by atoms with Crippen LogP contribution in [0.1, 0.15) is 11.4 Å². The molecule has 6 nitrogen and oxygen atoms in total. The van der Waals surface area contributed by atoms with Crippen LogP contribution in [0.15, 0.2) is 35.1 Å². The van der Waals surface area contributed by atoms with Crippen LogP contribution in [0.2, 0.25) is 5.02 Å². The van der Waals surface area contributed by atoms with Gasteiger partial charge in [-0.05, 0) is 49.2 Å². The highest BCUT2D eigenvalue weighted by Gasteiger charge is 2.14. The molecule has 0 aliphatic heterocycles. The highest BCUT2D eigenvalue weighted by atomic mass is 35.5. The molecule has 0 fully saturated rings. The van der Waals surface area contributed by atoms with Crippen molar-refractivity contribution in [1.29, 1.82) is 0 Å². The molecule has 0 saturated carbocycles. The van der Waals surface area contributed by atoms with E-state index in [1.807, 2.05) is 31.2 Å². The summed E-state index contributed by atoms with van der Waals surface area (Å²) in [5.41, 5.74) is 10.2. The van der Waals surface area contributed by atoms with Gasteiger partial charge < -0.3 is 10.7 Å². The summed E-state index contributed by atoms with van der Waals surface area (Å²) in [6.07, 6.45) is 0. The van der Waals surface area contributed by atoms with Gasteiger partial charge in [0.1, 0.15) is 5.82 Å². The van der Waals surface area contributed by atoms with Gasteiger partial charge in [0.05, 0.1) is 10.5 Å². The van der Waals surface area contributed by atoms with Crippen molar-refractivity contribution >= 4 is 33.8 Å². The Labute approximate surface area is 141 Å². The smallest absolute Gasteiger partial charge is 0.348 e. The highest BCUT2D eigenvalue weighted by Crippen LogP contribution is 2.34. The van der Waals surface area contributed by atoms with Gasteiger partial charge in [0, 0.05) is 16.6 Å². The van der Waals surface area contributed by atoms with Crippen LogP contribution < -0.4 is 11.4 Å². The van der Waals surface area contributed by atoms with Gasteiger partial charge in [-0.25, -0.2) is 9.78 Å². The Kier molecular flexibility index (Phi) is 3.11. The van der Waals surface area contributed by atoms with E-state index in [0.29, 0.717) is 27.7 Å². The van der Waals surface area contributed by atoms with Gasteiger partial charge in [0.25, 0.3) is 0 Å². The minimum atomic E-state index is -0.342. The standard InChI is InChI=1S/C17H14ClN5O/c1-8-5-10(19)3-4-11(8)12-6-13-15(7-14(12)18)21-17(24)23-16(13)20-9(2)22-23/h3-7H,19H2,1-2H3,(H,21,24). The maximum atomic E-state index is 12.1. The average Bonchev–Trinajstić information content (AvgIpc) is 2.90. The van der Waals surface area contributed by atoms with Crippen LogP contribution in [0.25, 0.3) is 27.7 Å². The first kappa shape index (κ1) is 14.7. The second-order valence-electron chi connectivity index (χ2n) is 5.78. The Bertz CT molecular complexity index is 1180. The molecule has 24 heavy (non-hydrogen) atoms. The molecule has 120 valence electrons. The lowest BCUT2D eigenvalue weighted by molar-refractivity contribution is 0.863. The quantitative estimate of drug-likeness (QED) is 0.521. The first-order valence-electron chi connectivity index (χ1n) is 7.39. The summed E-state index contributed by atoms with van der Waals surface area (Å²) in [5.74, 6) is 0.535. The summed E-state index contributed by atoms with van der Waals surface area (Å²) in [4.78, 5) is 19.3. The first-order valence-corrected chi connectivity index (χ1v) is 7.77. The van der Waals surface area contributed by atoms with Gasteiger partial charge in [0.15, 0.2) is 5.65 Å². The number of H-pyrrole nitrogens is 1. The van der Waals surface area contributed by atoms with Crippen molar-refractivity contribution in [3.63, 3.8) is 0 Å². The van der Waals surface area contributed by atoms with Gasteiger partial charge in [-0.2, -0.15) is 4.52 Å².